The predicted octanol–water partition coefficient (Wildman–Crippen LogP) is 3.39. The average molecular weight is 294 g/mol. The largest absolute Gasteiger partial charge is 0.312 e. The summed E-state index contributed by atoms with van der Waals surface area (Å²) in [5.74, 6) is 1.000. The molecule has 0 fully saturated rings. The summed E-state index contributed by atoms with van der Waals surface area (Å²) >= 11 is 3.44. The van der Waals surface area contributed by atoms with Crippen LogP contribution in [-0.4, -0.2) is 14.8 Å². The van der Waals surface area contributed by atoms with Crippen LogP contribution in [0.4, 0.5) is 0 Å². The molecule has 90 valence electrons. The third-order valence-corrected chi connectivity index (χ3v) is 3.15. The van der Waals surface area contributed by atoms with Crippen LogP contribution in [0.25, 0.3) is 0 Å². The maximum absolute atomic E-state index is 4.20. The zero-order valence-corrected chi connectivity index (χ0v) is 11.9. The molecule has 0 saturated heterocycles. The van der Waals surface area contributed by atoms with Crippen LogP contribution in [0.1, 0.15) is 32.2 Å². The maximum Gasteiger partial charge on any atom is 0.137 e. The van der Waals surface area contributed by atoms with E-state index in [1.165, 1.54) is 5.56 Å². The molecule has 3 nitrogen and oxygen atoms in total. The molecule has 0 atom stereocenters. The number of benzene rings is 1. The van der Waals surface area contributed by atoms with E-state index in [4.69, 9.17) is 0 Å². The number of aromatic nitrogens is 3. The Kier molecular flexibility index (Phi) is 3.33. The summed E-state index contributed by atoms with van der Waals surface area (Å²) in [6.45, 7) is 6.46. The van der Waals surface area contributed by atoms with Crippen LogP contribution < -0.4 is 0 Å². The van der Waals surface area contributed by atoms with E-state index in [0.29, 0.717) is 0 Å². The van der Waals surface area contributed by atoms with Gasteiger partial charge in [-0.3, -0.25) is 0 Å². The number of hydrogen-bond acceptors (Lipinski definition) is 2. The molecule has 0 aliphatic heterocycles. The van der Waals surface area contributed by atoms with Crippen LogP contribution in [0.2, 0.25) is 0 Å². The molecular weight excluding hydrogens is 278 g/mol. The van der Waals surface area contributed by atoms with Gasteiger partial charge in [-0.1, -0.05) is 28.1 Å². The Morgan fingerprint density at radius 3 is 2.41 bits per heavy atom. The van der Waals surface area contributed by atoms with Crippen molar-refractivity contribution in [2.45, 2.75) is 32.7 Å². The first kappa shape index (κ1) is 12.3. The molecule has 0 aliphatic rings. The van der Waals surface area contributed by atoms with Crippen LogP contribution in [0, 0.1) is 0 Å². The third kappa shape index (κ3) is 2.94. The van der Waals surface area contributed by atoms with Crippen molar-refractivity contribution < 1.29 is 0 Å². The van der Waals surface area contributed by atoms with Crippen molar-refractivity contribution in [3.8, 4) is 0 Å². The van der Waals surface area contributed by atoms with Gasteiger partial charge in [0.1, 0.15) is 12.2 Å². The zero-order chi connectivity index (χ0) is 12.5. The lowest BCUT2D eigenvalue weighted by Crippen LogP contribution is -2.23. The highest BCUT2D eigenvalue weighted by Gasteiger charge is 2.17. The number of rotatable bonds is 2. The number of nitrogens with zero attached hydrogens (tertiary/aromatic N) is 3. The molecule has 0 bridgehead atoms. The van der Waals surface area contributed by atoms with E-state index in [9.17, 15) is 0 Å². The van der Waals surface area contributed by atoms with Crippen molar-refractivity contribution in [1.82, 2.24) is 14.8 Å². The lowest BCUT2D eigenvalue weighted by molar-refractivity contribution is 0.384. The molecule has 0 radical (unpaired) electrons. The summed E-state index contributed by atoms with van der Waals surface area (Å²) in [5.41, 5.74) is 1.26. The fourth-order valence-corrected chi connectivity index (χ4v) is 1.99. The molecule has 1 heterocycles. The molecule has 17 heavy (non-hydrogen) atoms. The summed E-state index contributed by atoms with van der Waals surface area (Å²) in [7, 11) is 0. The Balaban J connectivity index is 2.25. The second kappa shape index (κ2) is 4.61. The summed E-state index contributed by atoms with van der Waals surface area (Å²) in [6, 6.07) is 8.30. The van der Waals surface area contributed by atoms with Crippen LogP contribution in [0.3, 0.4) is 0 Å². The van der Waals surface area contributed by atoms with Gasteiger partial charge in [0.25, 0.3) is 0 Å². The predicted molar refractivity (Wildman–Crippen MR) is 72.0 cm³/mol. The fraction of sp³-hybridized carbons (Fsp3) is 0.385. The number of halogens is 1. The van der Waals surface area contributed by atoms with Crippen LogP contribution in [0.15, 0.2) is 35.1 Å². The summed E-state index contributed by atoms with van der Waals surface area (Å²) in [6.07, 6.45) is 2.61. The molecule has 2 rings (SSSR count). The van der Waals surface area contributed by atoms with Crippen molar-refractivity contribution in [2.75, 3.05) is 0 Å². The van der Waals surface area contributed by atoms with Crippen molar-refractivity contribution in [2.24, 2.45) is 0 Å². The van der Waals surface area contributed by atoms with Gasteiger partial charge in [-0.05, 0) is 38.5 Å². The van der Waals surface area contributed by atoms with E-state index in [-0.39, 0.29) is 5.54 Å². The SMILES string of the molecule is CC(C)(C)n1cnnc1Cc1ccc(Br)cc1. The molecular formula is C13H16BrN3. The topological polar surface area (TPSA) is 30.7 Å². The lowest BCUT2D eigenvalue weighted by atomic mass is 10.1. The highest BCUT2D eigenvalue weighted by molar-refractivity contribution is 9.10. The molecule has 2 aromatic rings. The second-order valence-electron chi connectivity index (χ2n) is 5.09. The monoisotopic (exact) mass is 293 g/mol. The summed E-state index contributed by atoms with van der Waals surface area (Å²) < 4.78 is 3.22. The van der Waals surface area contributed by atoms with Crippen molar-refractivity contribution >= 4 is 15.9 Å². The molecule has 1 aromatic heterocycles. The molecule has 0 unspecified atom stereocenters. The normalized spacial score (nSPS) is 11.8. The Morgan fingerprint density at radius 2 is 1.82 bits per heavy atom. The Morgan fingerprint density at radius 1 is 1.18 bits per heavy atom. The lowest BCUT2D eigenvalue weighted by Gasteiger charge is -2.22. The van der Waals surface area contributed by atoms with Gasteiger partial charge < -0.3 is 4.57 Å². The maximum atomic E-state index is 4.20. The van der Waals surface area contributed by atoms with Crippen LogP contribution >= 0.6 is 15.9 Å². The Hall–Kier alpha value is -1.16. The number of hydrogen-bond donors (Lipinski definition) is 0. The van der Waals surface area contributed by atoms with E-state index in [0.717, 1.165) is 16.7 Å². The summed E-state index contributed by atoms with van der Waals surface area (Å²) in [5, 5.41) is 8.21. The van der Waals surface area contributed by atoms with Gasteiger partial charge in [0.05, 0.1) is 0 Å². The van der Waals surface area contributed by atoms with Gasteiger partial charge in [-0.15, -0.1) is 10.2 Å². The van der Waals surface area contributed by atoms with Gasteiger partial charge in [0.15, 0.2) is 0 Å². The third-order valence-electron chi connectivity index (χ3n) is 2.62. The first-order valence-electron chi connectivity index (χ1n) is 5.60. The van der Waals surface area contributed by atoms with E-state index >= 15 is 0 Å². The van der Waals surface area contributed by atoms with E-state index in [2.05, 4.69) is 63.6 Å². The minimum Gasteiger partial charge on any atom is -0.312 e. The van der Waals surface area contributed by atoms with Gasteiger partial charge in [0.2, 0.25) is 0 Å². The minimum absolute atomic E-state index is 0.0220. The summed E-state index contributed by atoms with van der Waals surface area (Å²) in [4.78, 5) is 0. The van der Waals surface area contributed by atoms with Gasteiger partial charge >= 0.3 is 0 Å². The second-order valence-corrected chi connectivity index (χ2v) is 6.01. The highest BCUT2D eigenvalue weighted by atomic mass is 79.9. The minimum atomic E-state index is 0.0220. The molecule has 0 spiro atoms. The molecule has 0 N–H and O–H groups in total. The Labute approximate surface area is 110 Å². The van der Waals surface area contributed by atoms with E-state index in [1.54, 1.807) is 6.33 Å². The molecule has 1 aromatic carbocycles. The van der Waals surface area contributed by atoms with Crippen molar-refractivity contribution in [3.63, 3.8) is 0 Å². The zero-order valence-electron chi connectivity index (χ0n) is 10.3. The first-order chi connectivity index (χ1) is 7.97. The van der Waals surface area contributed by atoms with Gasteiger partial charge in [-0.25, -0.2) is 0 Å². The molecule has 0 aliphatic carbocycles. The average Bonchev–Trinajstić information content (AvgIpc) is 2.69. The van der Waals surface area contributed by atoms with Crippen LogP contribution in [-0.2, 0) is 12.0 Å². The fourth-order valence-electron chi connectivity index (χ4n) is 1.72. The smallest absolute Gasteiger partial charge is 0.137 e. The molecule has 0 saturated carbocycles. The Bertz CT molecular complexity index is 494. The quantitative estimate of drug-likeness (QED) is 0.850. The molecule has 0 amide bonds. The van der Waals surface area contributed by atoms with E-state index in [1.807, 2.05) is 12.1 Å². The van der Waals surface area contributed by atoms with Gasteiger partial charge in [-0.2, -0.15) is 0 Å². The first-order valence-corrected chi connectivity index (χ1v) is 6.40. The van der Waals surface area contributed by atoms with E-state index < -0.39 is 0 Å². The standard InChI is InChI=1S/C13H16BrN3/c1-13(2,3)17-9-15-16-12(17)8-10-4-6-11(14)7-5-10/h4-7,9H,8H2,1-3H3. The highest BCUT2D eigenvalue weighted by Crippen LogP contribution is 2.18. The molecule has 4 heteroatoms. The van der Waals surface area contributed by atoms with Crippen molar-refractivity contribution in [1.29, 1.82) is 0 Å². The van der Waals surface area contributed by atoms with Crippen molar-refractivity contribution in [3.05, 3.63) is 46.5 Å². The van der Waals surface area contributed by atoms with Crippen LogP contribution in [0.5, 0.6) is 0 Å². The van der Waals surface area contributed by atoms with Gasteiger partial charge in [0, 0.05) is 16.4 Å².